The lowest BCUT2D eigenvalue weighted by Gasteiger charge is -2.08. The van der Waals surface area contributed by atoms with Gasteiger partial charge >= 0.3 is 0 Å². The van der Waals surface area contributed by atoms with Crippen LogP contribution in [0.1, 0.15) is 15.9 Å². The largest absolute Gasteiger partial charge is 0.289 e. The first-order chi connectivity index (χ1) is 11.8. The Bertz CT molecular complexity index is 1010. The highest BCUT2D eigenvalue weighted by atomic mass is 16.1. The predicted molar refractivity (Wildman–Crippen MR) is 101 cm³/mol. The van der Waals surface area contributed by atoms with Gasteiger partial charge in [0.15, 0.2) is 5.78 Å². The van der Waals surface area contributed by atoms with Gasteiger partial charge in [0, 0.05) is 5.56 Å². The van der Waals surface area contributed by atoms with Crippen molar-refractivity contribution in [1.82, 2.24) is 0 Å². The molecule has 0 saturated carbocycles. The summed E-state index contributed by atoms with van der Waals surface area (Å²) in [6, 6.07) is 28.1. The van der Waals surface area contributed by atoms with Crippen LogP contribution < -0.4 is 0 Å². The first kappa shape index (κ1) is 14.4. The van der Waals surface area contributed by atoms with E-state index in [2.05, 4.69) is 30.3 Å². The Balaban J connectivity index is 1.88. The van der Waals surface area contributed by atoms with Crippen LogP contribution in [0.4, 0.5) is 0 Å². The van der Waals surface area contributed by atoms with Crippen LogP contribution in [0.3, 0.4) is 0 Å². The molecule has 4 rings (SSSR count). The van der Waals surface area contributed by atoms with E-state index >= 15 is 0 Å². The predicted octanol–water partition coefficient (Wildman–Crippen LogP) is 5.89. The Morgan fingerprint density at radius 2 is 1.21 bits per heavy atom. The number of fused-ring (bicyclic) bond motifs is 2. The molecule has 0 N–H and O–H groups in total. The zero-order valence-electron chi connectivity index (χ0n) is 13.1. The van der Waals surface area contributed by atoms with Gasteiger partial charge in [-0.3, -0.25) is 4.79 Å². The monoisotopic (exact) mass is 308 g/mol. The van der Waals surface area contributed by atoms with Crippen molar-refractivity contribution in [2.75, 3.05) is 0 Å². The number of carbonyl (C=O) groups is 1. The quantitative estimate of drug-likeness (QED) is 0.262. The van der Waals surface area contributed by atoms with Gasteiger partial charge in [-0.1, -0.05) is 78.9 Å². The third-order valence-electron chi connectivity index (χ3n) is 4.27. The van der Waals surface area contributed by atoms with E-state index in [1.54, 1.807) is 6.08 Å². The van der Waals surface area contributed by atoms with Gasteiger partial charge in [-0.15, -0.1) is 0 Å². The van der Waals surface area contributed by atoms with Crippen LogP contribution in [0.5, 0.6) is 0 Å². The van der Waals surface area contributed by atoms with Crippen molar-refractivity contribution in [2.24, 2.45) is 0 Å². The van der Waals surface area contributed by atoms with Gasteiger partial charge in [-0.05, 0) is 45.3 Å². The van der Waals surface area contributed by atoms with Crippen LogP contribution in [0, 0.1) is 0 Å². The summed E-state index contributed by atoms with van der Waals surface area (Å²) in [4.78, 5) is 12.4. The van der Waals surface area contributed by atoms with E-state index in [1.807, 2.05) is 60.7 Å². The van der Waals surface area contributed by atoms with Gasteiger partial charge in [0.2, 0.25) is 0 Å². The number of ketones is 1. The summed E-state index contributed by atoms with van der Waals surface area (Å²) in [6.45, 7) is 0. The van der Waals surface area contributed by atoms with E-state index in [0.717, 1.165) is 16.3 Å². The molecular formula is C23H16O. The molecule has 24 heavy (non-hydrogen) atoms. The first-order valence-electron chi connectivity index (χ1n) is 8.01. The highest BCUT2D eigenvalue weighted by Gasteiger charge is 2.06. The molecule has 1 nitrogen and oxygen atoms in total. The van der Waals surface area contributed by atoms with Crippen LogP contribution >= 0.6 is 0 Å². The van der Waals surface area contributed by atoms with Crippen LogP contribution in [-0.2, 0) is 0 Å². The topological polar surface area (TPSA) is 17.1 Å². The molecule has 0 radical (unpaired) electrons. The number of allylic oxidation sites excluding steroid dienone is 1. The SMILES string of the molecule is O=C(/C=C\c1c2ccccc2cc2ccccc12)c1ccccc1. The molecule has 0 amide bonds. The van der Waals surface area contributed by atoms with Crippen LogP contribution in [0.2, 0.25) is 0 Å². The summed E-state index contributed by atoms with van der Waals surface area (Å²) in [5.41, 5.74) is 1.80. The van der Waals surface area contributed by atoms with Gasteiger partial charge in [-0.25, -0.2) is 0 Å². The minimum absolute atomic E-state index is 0.0209. The molecule has 0 aliphatic heterocycles. The molecule has 1 heteroatoms. The molecule has 0 bridgehead atoms. The van der Waals surface area contributed by atoms with Crippen molar-refractivity contribution in [1.29, 1.82) is 0 Å². The molecule has 4 aromatic carbocycles. The van der Waals surface area contributed by atoms with Gasteiger partial charge in [0.05, 0.1) is 0 Å². The summed E-state index contributed by atoms with van der Waals surface area (Å²) in [6.07, 6.45) is 3.61. The van der Waals surface area contributed by atoms with Crippen molar-refractivity contribution in [3.05, 3.63) is 102 Å². The minimum atomic E-state index is 0.0209. The third kappa shape index (κ3) is 2.61. The number of benzene rings is 4. The standard InChI is InChI=1S/C23H16O/c24-23(17-8-2-1-3-9-17)15-14-22-20-12-6-4-10-18(20)16-19-11-5-7-13-21(19)22/h1-16H/b15-14-. The van der Waals surface area contributed by atoms with Crippen molar-refractivity contribution < 1.29 is 4.79 Å². The summed E-state index contributed by atoms with van der Waals surface area (Å²) in [5.74, 6) is 0.0209. The fourth-order valence-electron chi connectivity index (χ4n) is 3.09. The summed E-state index contributed by atoms with van der Waals surface area (Å²) < 4.78 is 0. The Hall–Kier alpha value is -3.19. The molecule has 0 heterocycles. The van der Waals surface area contributed by atoms with Gasteiger partial charge in [-0.2, -0.15) is 0 Å². The molecule has 0 aliphatic rings. The molecule has 0 saturated heterocycles. The van der Waals surface area contributed by atoms with E-state index in [-0.39, 0.29) is 5.78 Å². The molecule has 0 fully saturated rings. The highest BCUT2D eigenvalue weighted by Crippen LogP contribution is 2.29. The molecule has 0 aliphatic carbocycles. The van der Waals surface area contributed by atoms with Gasteiger partial charge in [0.1, 0.15) is 0 Å². The Kier molecular flexibility index (Phi) is 3.68. The third-order valence-corrected chi connectivity index (χ3v) is 4.27. The Labute approximate surface area is 140 Å². The van der Waals surface area contributed by atoms with Crippen LogP contribution in [0.25, 0.3) is 27.6 Å². The number of hydrogen-bond donors (Lipinski definition) is 0. The summed E-state index contributed by atoms with van der Waals surface area (Å²) in [7, 11) is 0. The molecule has 0 unspecified atom stereocenters. The van der Waals surface area contributed by atoms with E-state index in [9.17, 15) is 4.79 Å². The van der Waals surface area contributed by atoms with Crippen molar-refractivity contribution in [3.63, 3.8) is 0 Å². The fraction of sp³-hybridized carbons (Fsp3) is 0. The normalized spacial score (nSPS) is 11.3. The average molecular weight is 308 g/mol. The molecule has 0 spiro atoms. The highest BCUT2D eigenvalue weighted by molar-refractivity contribution is 6.11. The summed E-state index contributed by atoms with van der Waals surface area (Å²) in [5, 5.41) is 4.69. The number of rotatable bonds is 3. The maximum atomic E-state index is 12.4. The van der Waals surface area contributed by atoms with Gasteiger partial charge in [0.25, 0.3) is 0 Å². The molecule has 0 atom stereocenters. The van der Waals surface area contributed by atoms with E-state index in [0.29, 0.717) is 5.56 Å². The van der Waals surface area contributed by atoms with E-state index in [1.165, 1.54) is 10.8 Å². The van der Waals surface area contributed by atoms with E-state index < -0.39 is 0 Å². The van der Waals surface area contributed by atoms with Gasteiger partial charge < -0.3 is 0 Å². The first-order valence-corrected chi connectivity index (χ1v) is 8.01. The average Bonchev–Trinajstić information content (AvgIpc) is 2.65. The second kappa shape index (κ2) is 6.13. The van der Waals surface area contributed by atoms with Crippen LogP contribution in [0.15, 0.2) is 91.0 Å². The van der Waals surface area contributed by atoms with Crippen molar-refractivity contribution in [2.45, 2.75) is 0 Å². The minimum Gasteiger partial charge on any atom is -0.289 e. The molecular weight excluding hydrogens is 292 g/mol. The molecule has 4 aromatic rings. The lowest BCUT2D eigenvalue weighted by Crippen LogP contribution is -1.93. The summed E-state index contributed by atoms with van der Waals surface area (Å²) >= 11 is 0. The lowest BCUT2D eigenvalue weighted by molar-refractivity contribution is 0.104. The Morgan fingerprint density at radius 1 is 0.667 bits per heavy atom. The van der Waals surface area contributed by atoms with Crippen LogP contribution in [-0.4, -0.2) is 5.78 Å². The molecule has 114 valence electrons. The maximum Gasteiger partial charge on any atom is 0.185 e. The smallest absolute Gasteiger partial charge is 0.185 e. The second-order valence-electron chi connectivity index (χ2n) is 5.80. The lowest BCUT2D eigenvalue weighted by atomic mass is 9.96. The second-order valence-corrected chi connectivity index (χ2v) is 5.80. The zero-order valence-corrected chi connectivity index (χ0v) is 13.1. The fourth-order valence-corrected chi connectivity index (χ4v) is 3.09. The van der Waals surface area contributed by atoms with Crippen molar-refractivity contribution >= 4 is 33.4 Å². The Morgan fingerprint density at radius 3 is 1.83 bits per heavy atom. The van der Waals surface area contributed by atoms with Crippen molar-refractivity contribution in [3.8, 4) is 0 Å². The number of carbonyl (C=O) groups excluding carboxylic acids is 1. The number of hydrogen-bond acceptors (Lipinski definition) is 1. The maximum absolute atomic E-state index is 12.4. The zero-order chi connectivity index (χ0) is 16.4. The van der Waals surface area contributed by atoms with E-state index in [4.69, 9.17) is 0 Å². The molecule has 0 aromatic heterocycles.